The van der Waals surface area contributed by atoms with Crippen LogP contribution in [-0.4, -0.2) is 18.9 Å². The number of fused-ring (bicyclic) bond motifs is 1. The number of nitrogen functional groups attached to an aromatic ring is 1. The Kier molecular flexibility index (Phi) is 4.44. The zero-order valence-corrected chi connectivity index (χ0v) is 14.2. The van der Waals surface area contributed by atoms with Crippen LogP contribution in [0, 0.1) is 0 Å². The van der Waals surface area contributed by atoms with E-state index in [9.17, 15) is 9.59 Å². The molecule has 0 saturated carbocycles. The summed E-state index contributed by atoms with van der Waals surface area (Å²) in [6.45, 7) is 0. The van der Waals surface area contributed by atoms with E-state index in [2.05, 4.69) is 5.32 Å². The molecule has 6 nitrogen and oxygen atoms in total. The highest BCUT2D eigenvalue weighted by Gasteiger charge is 2.25. The highest BCUT2D eigenvalue weighted by molar-refractivity contribution is 7.17. The van der Waals surface area contributed by atoms with E-state index in [4.69, 9.17) is 16.2 Å². The van der Waals surface area contributed by atoms with E-state index in [0.717, 1.165) is 36.1 Å². The molecule has 126 valence electrons. The fourth-order valence-corrected chi connectivity index (χ4v) is 4.25. The summed E-state index contributed by atoms with van der Waals surface area (Å²) in [6.07, 6.45) is 3.86. The molecule has 1 aliphatic carbocycles. The minimum atomic E-state index is -0.507. The van der Waals surface area contributed by atoms with Crippen molar-refractivity contribution in [1.82, 2.24) is 0 Å². The first kappa shape index (κ1) is 16.3. The van der Waals surface area contributed by atoms with Crippen molar-refractivity contribution in [1.29, 1.82) is 0 Å². The number of benzene rings is 1. The Morgan fingerprint density at radius 3 is 2.67 bits per heavy atom. The molecule has 2 amide bonds. The van der Waals surface area contributed by atoms with E-state index in [-0.39, 0.29) is 5.91 Å². The minimum absolute atomic E-state index is 0.314. The van der Waals surface area contributed by atoms with Crippen molar-refractivity contribution in [3.05, 3.63) is 39.8 Å². The van der Waals surface area contributed by atoms with Crippen LogP contribution in [0.4, 0.5) is 10.7 Å². The van der Waals surface area contributed by atoms with Crippen LogP contribution in [0.1, 0.15) is 44.0 Å². The van der Waals surface area contributed by atoms with Gasteiger partial charge in [-0.1, -0.05) is 0 Å². The van der Waals surface area contributed by atoms with Crippen LogP contribution in [0.5, 0.6) is 5.75 Å². The topological polar surface area (TPSA) is 107 Å². The molecule has 1 heterocycles. The first-order chi connectivity index (χ1) is 11.5. The summed E-state index contributed by atoms with van der Waals surface area (Å²) in [7, 11) is 1.53. The van der Waals surface area contributed by atoms with Crippen LogP contribution in [0.15, 0.2) is 18.2 Å². The van der Waals surface area contributed by atoms with Crippen molar-refractivity contribution in [3.63, 3.8) is 0 Å². The van der Waals surface area contributed by atoms with Gasteiger partial charge in [0, 0.05) is 16.6 Å². The molecule has 24 heavy (non-hydrogen) atoms. The lowest BCUT2D eigenvalue weighted by molar-refractivity contribution is 0.100. The zero-order valence-electron chi connectivity index (χ0n) is 13.3. The van der Waals surface area contributed by atoms with Crippen molar-refractivity contribution in [2.75, 3.05) is 18.2 Å². The van der Waals surface area contributed by atoms with Crippen molar-refractivity contribution >= 4 is 33.8 Å². The number of thiophene rings is 1. The van der Waals surface area contributed by atoms with Crippen molar-refractivity contribution in [3.8, 4) is 5.75 Å². The monoisotopic (exact) mass is 345 g/mol. The second-order valence-electron chi connectivity index (χ2n) is 5.69. The summed E-state index contributed by atoms with van der Waals surface area (Å²) in [6, 6.07) is 4.85. The number of carbonyl (C=O) groups excluding carboxylic acids is 2. The Hall–Kier alpha value is -2.54. The van der Waals surface area contributed by atoms with E-state index >= 15 is 0 Å². The van der Waals surface area contributed by atoms with Gasteiger partial charge in [0.1, 0.15) is 10.8 Å². The van der Waals surface area contributed by atoms with Gasteiger partial charge in [-0.05, 0) is 43.4 Å². The average molecular weight is 345 g/mol. The number of amides is 2. The third kappa shape index (κ3) is 2.94. The van der Waals surface area contributed by atoms with Crippen LogP contribution in [0.2, 0.25) is 0 Å². The Balaban J connectivity index is 1.92. The Morgan fingerprint density at radius 2 is 2.00 bits per heavy atom. The van der Waals surface area contributed by atoms with E-state index in [0.29, 0.717) is 27.6 Å². The molecule has 0 aliphatic heterocycles. The van der Waals surface area contributed by atoms with Crippen LogP contribution in [-0.2, 0) is 12.8 Å². The van der Waals surface area contributed by atoms with E-state index in [1.54, 1.807) is 18.2 Å². The summed E-state index contributed by atoms with van der Waals surface area (Å²) >= 11 is 1.43. The van der Waals surface area contributed by atoms with Crippen LogP contribution < -0.4 is 21.5 Å². The molecular formula is C17H19N3O3S. The molecule has 1 aromatic carbocycles. The first-order valence-electron chi connectivity index (χ1n) is 7.70. The maximum absolute atomic E-state index is 12.5. The first-order valence-corrected chi connectivity index (χ1v) is 8.52. The summed E-state index contributed by atoms with van der Waals surface area (Å²) in [5, 5.41) is 3.31. The molecule has 0 spiro atoms. The van der Waals surface area contributed by atoms with Crippen LogP contribution in [0.25, 0.3) is 0 Å². The third-order valence-electron chi connectivity index (χ3n) is 4.15. The van der Waals surface area contributed by atoms with Gasteiger partial charge in [0.15, 0.2) is 0 Å². The lowest BCUT2D eigenvalue weighted by atomic mass is 9.95. The molecule has 1 aromatic heterocycles. The van der Waals surface area contributed by atoms with Gasteiger partial charge < -0.3 is 21.5 Å². The minimum Gasteiger partial charge on any atom is -0.497 e. The molecule has 3 rings (SSSR count). The van der Waals surface area contributed by atoms with Gasteiger partial charge in [0.05, 0.1) is 18.2 Å². The fraction of sp³-hybridized carbons (Fsp3) is 0.294. The molecular weight excluding hydrogens is 326 g/mol. The van der Waals surface area contributed by atoms with Crippen molar-refractivity contribution < 1.29 is 14.3 Å². The van der Waals surface area contributed by atoms with E-state index in [1.807, 2.05) is 0 Å². The Labute approximate surface area is 143 Å². The van der Waals surface area contributed by atoms with Crippen molar-refractivity contribution in [2.24, 2.45) is 5.73 Å². The predicted octanol–water partition coefficient (Wildman–Crippen LogP) is 2.57. The number of aryl methyl sites for hydroxylation is 1. The van der Waals surface area contributed by atoms with Gasteiger partial charge in [0.2, 0.25) is 0 Å². The molecule has 0 fully saturated rings. The second-order valence-corrected chi connectivity index (χ2v) is 6.79. The fourth-order valence-electron chi connectivity index (χ4n) is 2.96. The summed E-state index contributed by atoms with van der Waals surface area (Å²) in [5.74, 6) is -0.294. The maximum atomic E-state index is 12.5. The van der Waals surface area contributed by atoms with E-state index < -0.39 is 5.91 Å². The highest BCUT2D eigenvalue weighted by Crippen LogP contribution is 2.38. The van der Waals surface area contributed by atoms with Gasteiger partial charge in [-0.2, -0.15) is 0 Å². The number of nitrogens with two attached hydrogens (primary N) is 2. The molecule has 7 heteroatoms. The van der Waals surface area contributed by atoms with Crippen LogP contribution >= 0.6 is 11.3 Å². The molecule has 5 N–H and O–H groups in total. The highest BCUT2D eigenvalue weighted by atomic mass is 32.1. The van der Waals surface area contributed by atoms with E-state index in [1.165, 1.54) is 18.4 Å². The number of primary amides is 1. The number of hydrogen-bond donors (Lipinski definition) is 3. The molecule has 0 saturated heterocycles. The average Bonchev–Trinajstić information content (AvgIpc) is 2.92. The lowest BCUT2D eigenvalue weighted by Crippen LogP contribution is -2.19. The standard InChI is InChI=1S/C17H19N3O3S/c1-23-9-6-7-10(12(18)8-9)16(22)20-17-14(15(19)21)11-4-2-3-5-13(11)24-17/h6-8H,2-5,18H2,1H3,(H2,19,21)(H,20,22). The maximum Gasteiger partial charge on any atom is 0.258 e. The third-order valence-corrected chi connectivity index (χ3v) is 5.36. The molecule has 1 aliphatic rings. The number of nitrogens with one attached hydrogen (secondary N) is 1. The number of rotatable bonds is 4. The van der Waals surface area contributed by atoms with Crippen molar-refractivity contribution in [2.45, 2.75) is 25.7 Å². The number of hydrogen-bond acceptors (Lipinski definition) is 5. The summed E-state index contributed by atoms with van der Waals surface area (Å²) in [4.78, 5) is 25.5. The molecule has 0 atom stereocenters. The number of carbonyl (C=O) groups is 2. The number of methoxy groups -OCH3 is 1. The normalized spacial score (nSPS) is 13.2. The van der Waals surface area contributed by atoms with Gasteiger partial charge in [-0.25, -0.2) is 0 Å². The SMILES string of the molecule is COc1ccc(C(=O)Nc2sc3c(c2C(N)=O)CCCC3)c(N)c1. The Morgan fingerprint density at radius 1 is 1.25 bits per heavy atom. The summed E-state index contributed by atoms with van der Waals surface area (Å²) < 4.78 is 5.08. The van der Waals surface area contributed by atoms with Gasteiger partial charge in [-0.3, -0.25) is 9.59 Å². The van der Waals surface area contributed by atoms with Gasteiger partial charge >= 0.3 is 0 Å². The lowest BCUT2D eigenvalue weighted by Gasteiger charge is -2.11. The molecule has 0 unspecified atom stereocenters. The number of ether oxygens (including phenoxy) is 1. The predicted molar refractivity (Wildman–Crippen MR) is 94.8 cm³/mol. The largest absolute Gasteiger partial charge is 0.497 e. The van der Waals surface area contributed by atoms with Gasteiger partial charge in [-0.15, -0.1) is 11.3 Å². The van der Waals surface area contributed by atoms with Crippen LogP contribution in [0.3, 0.4) is 0 Å². The van der Waals surface area contributed by atoms with Gasteiger partial charge in [0.25, 0.3) is 11.8 Å². The quantitative estimate of drug-likeness (QED) is 0.740. The second kappa shape index (κ2) is 6.52. The molecule has 2 aromatic rings. The molecule has 0 radical (unpaired) electrons. The summed E-state index contributed by atoms with van der Waals surface area (Å²) in [5.41, 5.74) is 13.5. The smallest absolute Gasteiger partial charge is 0.258 e. The number of anilines is 2. The molecule has 0 bridgehead atoms. The Bertz CT molecular complexity index is 814. The zero-order chi connectivity index (χ0) is 17.3.